The molecule has 0 saturated heterocycles. The number of nitrogens with zero attached hydrogens (tertiary/aromatic N) is 2. The van der Waals surface area contributed by atoms with Gasteiger partial charge in [-0.1, -0.05) is 18.2 Å². The molecule has 4 heteroatoms. The zero-order valence-corrected chi connectivity index (χ0v) is 11.5. The van der Waals surface area contributed by atoms with Gasteiger partial charge >= 0.3 is 0 Å². The Hall–Kier alpha value is -2.36. The summed E-state index contributed by atoms with van der Waals surface area (Å²) in [5.74, 6) is 0.0314. The van der Waals surface area contributed by atoms with Crippen molar-refractivity contribution in [1.29, 1.82) is 0 Å². The van der Waals surface area contributed by atoms with Crippen molar-refractivity contribution in [1.82, 2.24) is 9.78 Å². The zero-order valence-electron chi connectivity index (χ0n) is 11.5. The van der Waals surface area contributed by atoms with Gasteiger partial charge in [-0.2, -0.15) is 5.10 Å². The number of furan rings is 1. The minimum absolute atomic E-state index is 0.0314. The lowest BCUT2D eigenvalue weighted by atomic mass is 10.1. The predicted octanol–water partition coefficient (Wildman–Crippen LogP) is 3.64. The number of carbonyl (C=O) groups is 1. The Balaban J connectivity index is 1.85. The lowest BCUT2D eigenvalue weighted by Crippen LogP contribution is -2.06. The average molecular weight is 268 g/mol. The molecule has 2 heterocycles. The lowest BCUT2D eigenvalue weighted by Gasteiger charge is -2.03. The van der Waals surface area contributed by atoms with Gasteiger partial charge in [0.05, 0.1) is 17.7 Å². The van der Waals surface area contributed by atoms with E-state index in [1.807, 2.05) is 41.2 Å². The predicted molar refractivity (Wildman–Crippen MR) is 76.9 cm³/mol. The van der Waals surface area contributed by atoms with Crippen LogP contribution in [0.3, 0.4) is 0 Å². The first-order valence-corrected chi connectivity index (χ1v) is 6.68. The van der Waals surface area contributed by atoms with E-state index in [0.29, 0.717) is 18.0 Å². The first kappa shape index (κ1) is 12.7. The van der Waals surface area contributed by atoms with E-state index in [1.165, 1.54) is 6.26 Å². The summed E-state index contributed by atoms with van der Waals surface area (Å²) in [6.07, 6.45) is 3.73. The van der Waals surface area contributed by atoms with Crippen molar-refractivity contribution in [2.24, 2.45) is 0 Å². The van der Waals surface area contributed by atoms with Gasteiger partial charge in [-0.15, -0.1) is 0 Å². The summed E-state index contributed by atoms with van der Waals surface area (Å²) < 4.78 is 7.26. The molecule has 1 aromatic carbocycles. The smallest absolute Gasteiger partial charge is 0.172 e. The summed E-state index contributed by atoms with van der Waals surface area (Å²) in [6.45, 7) is 4.12. The first-order valence-electron chi connectivity index (χ1n) is 6.68. The van der Waals surface area contributed by atoms with Crippen LogP contribution in [0.1, 0.15) is 35.9 Å². The minimum atomic E-state index is 0.0314. The van der Waals surface area contributed by atoms with E-state index in [0.717, 1.165) is 16.7 Å². The SMILES string of the molecule is CC(C)n1ccc(CC(=O)c2coc3ccccc23)n1. The summed E-state index contributed by atoms with van der Waals surface area (Å²) in [5.41, 5.74) is 2.15. The maximum absolute atomic E-state index is 12.4. The highest BCUT2D eigenvalue weighted by Gasteiger charge is 2.15. The molecule has 0 unspecified atom stereocenters. The van der Waals surface area contributed by atoms with E-state index in [-0.39, 0.29) is 5.78 Å². The maximum Gasteiger partial charge on any atom is 0.172 e. The molecule has 0 aliphatic rings. The summed E-state index contributed by atoms with van der Waals surface area (Å²) in [7, 11) is 0. The van der Waals surface area contributed by atoms with Crippen LogP contribution in [-0.4, -0.2) is 15.6 Å². The van der Waals surface area contributed by atoms with E-state index in [2.05, 4.69) is 18.9 Å². The second-order valence-electron chi connectivity index (χ2n) is 5.13. The number of hydrogen-bond acceptors (Lipinski definition) is 3. The van der Waals surface area contributed by atoms with Gasteiger partial charge < -0.3 is 4.42 Å². The molecule has 0 bridgehead atoms. The number of carbonyl (C=O) groups excluding carboxylic acids is 1. The molecule has 0 N–H and O–H groups in total. The standard InChI is InChI=1S/C16H16N2O2/c1-11(2)18-8-7-12(17-18)9-15(19)14-10-20-16-6-4-3-5-13(14)16/h3-8,10-11H,9H2,1-2H3. The summed E-state index contributed by atoms with van der Waals surface area (Å²) >= 11 is 0. The van der Waals surface area contributed by atoms with Crippen LogP contribution in [0.5, 0.6) is 0 Å². The number of para-hydroxylation sites is 1. The Labute approximate surface area is 117 Å². The van der Waals surface area contributed by atoms with E-state index in [4.69, 9.17) is 4.42 Å². The molecule has 0 fully saturated rings. The number of benzene rings is 1. The van der Waals surface area contributed by atoms with Crippen LogP contribution >= 0.6 is 0 Å². The number of hydrogen-bond donors (Lipinski definition) is 0. The molecule has 0 aliphatic carbocycles. The van der Waals surface area contributed by atoms with Crippen LogP contribution in [0.15, 0.2) is 47.2 Å². The van der Waals surface area contributed by atoms with Crippen molar-refractivity contribution < 1.29 is 9.21 Å². The van der Waals surface area contributed by atoms with E-state index in [1.54, 1.807) is 0 Å². The van der Waals surface area contributed by atoms with Gasteiger partial charge in [-0.05, 0) is 26.0 Å². The van der Waals surface area contributed by atoms with Gasteiger partial charge in [0.2, 0.25) is 0 Å². The van der Waals surface area contributed by atoms with Gasteiger partial charge in [-0.3, -0.25) is 9.48 Å². The van der Waals surface area contributed by atoms with Gasteiger partial charge in [-0.25, -0.2) is 0 Å². The third-order valence-electron chi connectivity index (χ3n) is 3.32. The van der Waals surface area contributed by atoms with Gasteiger partial charge in [0.25, 0.3) is 0 Å². The lowest BCUT2D eigenvalue weighted by molar-refractivity contribution is 0.0992. The van der Waals surface area contributed by atoms with Crippen molar-refractivity contribution in [3.8, 4) is 0 Å². The van der Waals surface area contributed by atoms with E-state index in [9.17, 15) is 4.79 Å². The Kier molecular flexibility index (Phi) is 3.14. The molecule has 0 amide bonds. The van der Waals surface area contributed by atoms with Gasteiger partial charge in [0.1, 0.15) is 11.8 Å². The second-order valence-corrected chi connectivity index (χ2v) is 5.13. The number of ketones is 1. The van der Waals surface area contributed by atoms with Gasteiger partial charge in [0, 0.05) is 17.6 Å². The fourth-order valence-corrected chi connectivity index (χ4v) is 2.21. The summed E-state index contributed by atoms with van der Waals surface area (Å²) in [4.78, 5) is 12.4. The molecule has 3 aromatic rings. The Morgan fingerprint density at radius 2 is 2.10 bits per heavy atom. The molecular formula is C16H16N2O2. The molecule has 102 valence electrons. The first-order chi connectivity index (χ1) is 9.65. The molecule has 0 radical (unpaired) electrons. The number of rotatable bonds is 4. The average Bonchev–Trinajstić information content (AvgIpc) is 3.04. The largest absolute Gasteiger partial charge is 0.464 e. The summed E-state index contributed by atoms with van der Waals surface area (Å²) in [5, 5.41) is 5.27. The third kappa shape index (κ3) is 2.25. The van der Waals surface area contributed by atoms with Crippen LogP contribution < -0.4 is 0 Å². The molecule has 0 aliphatic heterocycles. The number of Topliss-reactive ketones (excluding diaryl/α,β-unsaturated/α-hetero) is 1. The number of aromatic nitrogens is 2. The van der Waals surface area contributed by atoms with E-state index < -0.39 is 0 Å². The van der Waals surface area contributed by atoms with Crippen LogP contribution in [0, 0.1) is 0 Å². The highest BCUT2D eigenvalue weighted by Crippen LogP contribution is 2.22. The maximum atomic E-state index is 12.4. The molecule has 0 spiro atoms. The normalized spacial score (nSPS) is 11.3. The van der Waals surface area contributed by atoms with Crippen molar-refractivity contribution >= 4 is 16.8 Å². The monoisotopic (exact) mass is 268 g/mol. The van der Waals surface area contributed by atoms with E-state index >= 15 is 0 Å². The zero-order chi connectivity index (χ0) is 14.1. The molecule has 2 aromatic heterocycles. The van der Waals surface area contributed by atoms with Crippen LogP contribution in [-0.2, 0) is 6.42 Å². The molecular weight excluding hydrogens is 252 g/mol. The van der Waals surface area contributed by atoms with Crippen LogP contribution in [0.25, 0.3) is 11.0 Å². The molecule has 20 heavy (non-hydrogen) atoms. The molecule has 0 atom stereocenters. The molecule has 3 rings (SSSR count). The van der Waals surface area contributed by atoms with Gasteiger partial charge in [0.15, 0.2) is 5.78 Å². The quantitative estimate of drug-likeness (QED) is 0.679. The molecule has 4 nitrogen and oxygen atoms in total. The highest BCUT2D eigenvalue weighted by molar-refractivity contribution is 6.07. The van der Waals surface area contributed by atoms with Crippen LogP contribution in [0.4, 0.5) is 0 Å². The summed E-state index contributed by atoms with van der Waals surface area (Å²) in [6, 6.07) is 9.75. The minimum Gasteiger partial charge on any atom is -0.464 e. The Morgan fingerprint density at radius 1 is 1.30 bits per heavy atom. The second kappa shape index (κ2) is 4.96. The Morgan fingerprint density at radius 3 is 2.85 bits per heavy atom. The van der Waals surface area contributed by atoms with Crippen LogP contribution in [0.2, 0.25) is 0 Å². The van der Waals surface area contributed by atoms with Crippen molar-refractivity contribution in [2.75, 3.05) is 0 Å². The molecule has 0 saturated carbocycles. The topological polar surface area (TPSA) is 48.0 Å². The van der Waals surface area contributed by atoms with Crippen molar-refractivity contribution in [3.63, 3.8) is 0 Å². The number of fused-ring (bicyclic) bond motifs is 1. The highest BCUT2D eigenvalue weighted by atomic mass is 16.3. The third-order valence-corrected chi connectivity index (χ3v) is 3.32. The fourth-order valence-electron chi connectivity index (χ4n) is 2.21. The van der Waals surface area contributed by atoms with Crippen molar-refractivity contribution in [2.45, 2.75) is 26.3 Å². The fraction of sp³-hybridized carbons (Fsp3) is 0.250. The van der Waals surface area contributed by atoms with Crippen molar-refractivity contribution in [3.05, 3.63) is 54.0 Å². The Bertz CT molecular complexity index is 753.